The van der Waals surface area contributed by atoms with Gasteiger partial charge in [0.15, 0.2) is 18.9 Å². The van der Waals surface area contributed by atoms with Crippen LogP contribution in [-0.4, -0.2) is 193 Å². The molecule has 4 saturated carbocycles. The first kappa shape index (κ1) is 45.1. The molecule has 7 fully saturated rings. The number of carbonyl (C=O) groups excluding carboxylic acids is 1. The second-order valence-corrected chi connectivity index (χ2v) is 18.9. The number of hydrogen-bond donors (Lipinski definition) is 10. The number of hydrogen-bond acceptors (Lipinski definition) is 19. The maximum Gasteiger partial charge on any atom is 0.331 e. The fourth-order valence-corrected chi connectivity index (χ4v) is 12.5. The topological polar surface area (TPSA) is 293 Å². The third-order valence-corrected chi connectivity index (χ3v) is 15.9. The van der Waals surface area contributed by atoms with Crippen LogP contribution in [0.4, 0.5) is 0 Å². The molecular formula is C41H64O19. The molecule has 0 aromatic carbocycles. The quantitative estimate of drug-likeness (QED) is 0.0801. The third-order valence-electron chi connectivity index (χ3n) is 15.9. The number of cyclic esters (lactones) is 1. The Kier molecular flexibility index (Phi) is 12.9. The first-order chi connectivity index (χ1) is 28.4. The molecule has 0 amide bonds. The Balaban J connectivity index is 0.875. The Hall–Kier alpha value is -1.47. The van der Waals surface area contributed by atoms with Gasteiger partial charge in [0.2, 0.25) is 0 Å². The summed E-state index contributed by atoms with van der Waals surface area (Å²) in [4.78, 5) is 11.9. The highest BCUT2D eigenvalue weighted by atomic mass is 16.8. The second-order valence-electron chi connectivity index (χ2n) is 18.9. The molecule has 4 aliphatic carbocycles. The van der Waals surface area contributed by atoms with Crippen LogP contribution in [0, 0.1) is 29.1 Å². The molecule has 4 aliphatic heterocycles. The van der Waals surface area contributed by atoms with E-state index in [0.29, 0.717) is 32.1 Å². The zero-order valence-corrected chi connectivity index (χ0v) is 34.3. The first-order valence-electron chi connectivity index (χ1n) is 21.6. The van der Waals surface area contributed by atoms with E-state index in [9.17, 15) is 55.9 Å². The Labute approximate surface area is 348 Å². The van der Waals surface area contributed by atoms with Crippen molar-refractivity contribution in [2.45, 2.75) is 181 Å². The zero-order valence-electron chi connectivity index (χ0n) is 34.3. The van der Waals surface area contributed by atoms with Crippen LogP contribution in [0.15, 0.2) is 11.6 Å². The highest BCUT2D eigenvalue weighted by Crippen LogP contribution is 2.68. The molecule has 19 nitrogen and oxygen atoms in total. The summed E-state index contributed by atoms with van der Waals surface area (Å²) in [6, 6.07) is 0. The van der Waals surface area contributed by atoms with Gasteiger partial charge in [-0.05, 0) is 94.0 Å². The Morgan fingerprint density at radius 3 is 2.10 bits per heavy atom. The van der Waals surface area contributed by atoms with Crippen LogP contribution in [0.1, 0.15) is 71.6 Å². The summed E-state index contributed by atoms with van der Waals surface area (Å²) < 4.78 is 46.3. The van der Waals surface area contributed by atoms with Gasteiger partial charge >= 0.3 is 5.97 Å². The van der Waals surface area contributed by atoms with Gasteiger partial charge in [-0.15, -0.1) is 0 Å². The molecular weight excluding hydrogens is 796 g/mol. The number of fused-ring (bicyclic) bond motifs is 5. The van der Waals surface area contributed by atoms with Crippen molar-refractivity contribution in [2.75, 3.05) is 26.9 Å². The molecule has 0 aromatic heterocycles. The average molecular weight is 861 g/mol. The van der Waals surface area contributed by atoms with E-state index >= 15 is 0 Å². The Morgan fingerprint density at radius 1 is 0.733 bits per heavy atom. The summed E-state index contributed by atoms with van der Waals surface area (Å²) in [6.45, 7) is 2.84. The molecule has 0 radical (unpaired) electrons. The lowest BCUT2D eigenvalue weighted by Gasteiger charge is -2.62. The van der Waals surface area contributed by atoms with Crippen LogP contribution in [0.5, 0.6) is 0 Å². The fraction of sp³-hybridized carbons (Fsp3) is 0.927. The van der Waals surface area contributed by atoms with Crippen LogP contribution in [0.3, 0.4) is 0 Å². The van der Waals surface area contributed by atoms with Crippen LogP contribution >= 0.6 is 0 Å². The predicted octanol–water partition coefficient (Wildman–Crippen LogP) is -2.52. The van der Waals surface area contributed by atoms with E-state index in [1.54, 1.807) is 13.0 Å². The maximum absolute atomic E-state index is 12.5. The van der Waals surface area contributed by atoms with E-state index in [-0.39, 0.29) is 42.4 Å². The largest absolute Gasteiger partial charge is 0.458 e. The zero-order chi connectivity index (χ0) is 43.1. The highest BCUT2D eigenvalue weighted by molar-refractivity contribution is 5.85. The lowest BCUT2D eigenvalue weighted by atomic mass is 9.46. The minimum absolute atomic E-state index is 0.0565. The number of methoxy groups -OCH3 is 1. The minimum atomic E-state index is -1.79. The number of esters is 1. The standard InChI is InChI=1S/C41H64O19/c1-17-34(60-37-32(49)30(47)28(45)25(59-37)16-55-36-31(48)29(46)27(44)24(14-42)58-36)35(53-3)33(50)38(56-17)57-20-6-10-40(51)19(13-20)4-5-23-22(40)7-9-39(2)21(8-11-41(23,39)52)18-12-26(43)54-15-18/h12,17,19-25,27-38,42,44-52H,4-11,13-16H2,1-3H3/t17-,19+,20-,21+,22-,23+,24+,25+,27+,28+,29-,30-,31+,32+,33-,34-,35-,36+,37-,38-,39+,40+,41-/m0/s1. The van der Waals surface area contributed by atoms with Gasteiger partial charge in [0, 0.05) is 18.6 Å². The monoisotopic (exact) mass is 860 g/mol. The van der Waals surface area contributed by atoms with Crippen molar-refractivity contribution in [1.29, 1.82) is 0 Å². The highest BCUT2D eigenvalue weighted by Gasteiger charge is 2.68. The van der Waals surface area contributed by atoms with Gasteiger partial charge in [0.25, 0.3) is 0 Å². The molecule has 4 heterocycles. The summed E-state index contributed by atoms with van der Waals surface area (Å²) in [7, 11) is 1.36. The van der Waals surface area contributed by atoms with Gasteiger partial charge < -0.3 is 89.0 Å². The summed E-state index contributed by atoms with van der Waals surface area (Å²) in [5.41, 5.74) is -1.42. The summed E-state index contributed by atoms with van der Waals surface area (Å²) in [6.07, 6.45) is -14.5. The van der Waals surface area contributed by atoms with Crippen LogP contribution in [-0.2, 0) is 42.7 Å². The van der Waals surface area contributed by atoms with Crippen molar-refractivity contribution in [2.24, 2.45) is 29.1 Å². The van der Waals surface area contributed by atoms with Crippen molar-refractivity contribution in [3.63, 3.8) is 0 Å². The first-order valence-corrected chi connectivity index (χ1v) is 21.6. The van der Waals surface area contributed by atoms with Crippen LogP contribution in [0.2, 0.25) is 0 Å². The van der Waals surface area contributed by atoms with E-state index in [4.69, 9.17) is 37.9 Å². The van der Waals surface area contributed by atoms with Crippen LogP contribution in [0.25, 0.3) is 0 Å². The van der Waals surface area contributed by atoms with E-state index in [2.05, 4.69) is 6.92 Å². The molecule has 19 heteroatoms. The van der Waals surface area contributed by atoms with Crippen molar-refractivity contribution in [3.8, 4) is 0 Å². The van der Waals surface area contributed by atoms with Gasteiger partial charge in [-0.2, -0.15) is 0 Å². The van der Waals surface area contributed by atoms with Crippen molar-refractivity contribution >= 4 is 5.97 Å². The van der Waals surface area contributed by atoms with E-state index in [1.165, 1.54) is 7.11 Å². The molecule has 10 N–H and O–H groups in total. The fourth-order valence-electron chi connectivity index (χ4n) is 12.5. The van der Waals surface area contributed by atoms with Gasteiger partial charge in [-0.3, -0.25) is 0 Å². The minimum Gasteiger partial charge on any atom is -0.458 e. The molecule has 8 rings (SSSR count). The van der Waals surface area contributed by atoms with Crippen molar-refractivity contribution in [1.82, 2.24) is 0 Å². The number of carbonyl (C=O) groups is 1. The second kappa shape index (κ2) is 17.2. The van der Waals surface area contributed by atoms with Crippen molar-refractivity contribution < 1.29 is 93.8 Å². The number of aliphatic hydroxyl groups excluding tert-OH is 8. The van der Waals surface area contributed by atoms with Gasteiger partial charge in [-0.1, -0.05) is 6.92 Å². The van der Waals surface area contributed by atoms with Gasteiger partial charge in [0.05, 0.1) is 36.6 Å². The Bertz CT molecular complexity index is 1570. The normalized spacial score (nSPS) is 54.4. The van der Waals surface area contributed by atoms with E-state index in [1.807, 2.05) is 0 Å². The number of rotatable bonds is 10. The number of aliphatic hydroxyl groups is 10. The van der Waals surface area contributed by atoms with E-state index < -0.39 is 122 Å². The maximum atomic E-state index is 12.5. The van der Waals surface area contributed by atoms with E-state index in [0.717, 1.165) is 31.3 Å². The molecule has 8 aliphatic rings. The van der Waals surface area contributed by atoms with Gasteiger partial charge in [0.1, 0.15) is 73.8 Å². The van der Waals surface area contributed by atoms with Gasteiger partial charge in [-0.25, -0.2) is 4.79 Å². The summed E-state index contributed by atoms with van der Waals surface area (Å²) in [5.74, 6) is -0.536. The molecule has 0 unspecified atom stereocenters. The summed E-state index contributed by atoms with van der Waals surface area (Å²) >= 11 is 0. The SMILES string of the molecule is CO[C@H]1[C@H](O)[C@H](O[C@H]2CC[C@@]3(O)[C@H](CC[C@@H]4[C@@H]3CC[C@]3(C)[C@@H](C5=CC(=O)OC5)CC[C@]43O)C2)O[C@@H](C)[C@@H]1O[C@@H]1O[C@H](CO[C@@H]2O[C@H](CO)[C@@H](O)[C@H](O)[C@H]2O)[C@@H](O)[C@H](O)[C@H]1O. The molecule has 3 saturated heterocycles. The third kappa shape index (κ3) is 7.49. The lowest BCUT2D eigenvalue weighted by Crippen LogP contribution is -2.66. The Morgan fingerprint density at radius 2 is 1.42 bits per heavy atom. The molecule has 23 atom stereocenters. The van der Waals surface area contributed by atoms with Crippen molar-refractivity contribution in [3.05, 3.63) is 11.6 Å². The number of ether oxygens (including phenoxy) is 8. The predicted molar refractivity (Wildman–Crippen MR) is 200 cm³/mol. The van der Waals surface area contributed by atoms with Crippen LogP contribution < -0.4 is 0 Å². The summed E-state index contributed by atoms with van der Waals surface area (Å²) in [5, 5.41) is 109. The molecule has 0 bridgehead atoms. The molecule has 0 aromatic rings. The smallest absolute Gasteiger partial charge is 0.331 e. The average Bonchev–Trinajstić information content (AvgIpc) is 3.78. The molecule has 0 spiro atoms. The molecule has 60 heavy (non-hydrogen) atoms. The lowest BCUT2D eigenvalue weighted by molar-refractivity contribution is -0.367. The molecule has 342 valence electrons.